The fourth-order valence-electron chi connectivity index (χ4n) is 2.70. The van der Waals surface area contributed by atoms with Gasteiger partial charge in [-0.2, -0.15) is 5.10 Å². The molecule has 28 heavy (non-hydrogen) atoms. The zero-order chi connectivity index (χ0) is 20.3. The first kappa shape index (κ1) is 19.5. The minimum Gasteiger partial charge on any atom is -0.468 e. The summed E-state index contributed by atoms with van der Waals surface area (Å²) in [5.41, 5.74) is 2.38. The summed E-state index contributed by atoms with van der Waals surface area (Å²) >= 11 is 0. The van der Waals surface area contributed by atoms with Crippen molar-refractivity contribution in [2.45, 2.75) is 27.0 Å². The van der Waals surface area contributed by atoms with Gasteiger partial charge in [0.05, 0.1) is 23.5 Å². The van der Waals surface area contributed by atoms with E-state index in [2.05, 4.69) is 10.4 Å². The van der Waals surface area contributed by atoms with Crippen LogP contribution in [0.5, 0.6) is 5.75 Å². The highest BCUT2D eigenvalue weighted by atomic mass is 19.1. The fourth-order valence-corrected chi connectivity index (χ4v) is 2.70. The summed E-state index contributed by atoms with van der Waals surface area (Å²) in [5, 5.41) is 7.06. The van der Waals surface area contributed by atoms with Crippen LogP contribution in [0.1, 0.15) is 17.0 Å². The molecule has 0 spiro atoms. The van der Waals surface area contributed by atoms with Crippen LogP contribution in [-0.2, 0) is 17.9 Å². The number of amides is 1. The molecule has 0 radical (unpaired) electrons. The van der Waals surface area contributed by atoms with Crippen LogP contribution in [-0.4, -0.2) is 15.7 Å². The van der Waals surface area contributed by atoms with Gasteiger partial charge in [0.1, 0.15) is 11.6 Å². The van der Waals surface area contributed by atoms with Crippen molar-refractivity contribution in [1.29, 1.82) is 0 Å². The quantitative estimate of drug-likeness (QED) is 0.690. The van der Waals surface area contributed by atoms with Crippen LogP contribution in [0.15, 0.2) is 42.5 Å². The second kappa shape index (κ2) is 8.16. The Morgan fingerprint density at radius 3 is 2.43 bits per heavy atom. The smallest absolute Gasteiger partial charge is 0.228 e. The number of hydrogen-bond acceptors (Lipinski definition) is 3. The molecule has 8 heteroatoms. The van der Waals surface area contributed by atoms with Gasteiger partial charge in [-0.1, -0.05) is 12.1 Å². The number of hydrogen-bond donors (Lipinski definition) is 1. The SMILES string of the molecule is Cc1nn(COc2ccc(F)cc2F)c(C)c1NC(=O)Cc1ccc(F)cc1. The predicted molar refractivity (Wildman–Crippen MR) is 97.4 cm³/mol. The normalized spacial score (nSPS) is 10.8. The third-order valence-electron chi connectivity index (χ3n) is 4.16. The summed E-state index contributed by atoms with van der Waals surface area (Å²) in [5.74, 6) is -2.25. The lowest BCUT2D eigenvalue weighted by Gasteiger charge is -2.09. The van der Waals surface area contributed by atoms with Crippen molar-refractivity contribution in [3.8, 4) is 5.75 Å². The van der Waals surface area contributed by atoms with E-state index < -0.39 is 11.6 Å². The van der Waals surface area contributed by atoms with E-state index in [4.69, 9.17) is 4.74 Å². The van der Waals surface area contributed by atoms with Crippen molar-refractivity contribution < 1.29 is 22.7 Å². The van der Waals surface area contributed by atoms with Gasteiger partial charge in [-0.05, 0) is 43.7 Å². The highest BCUT2D eigenvalue weighted by Crippen LogP contribution is 2.22. The first-order chi connectivity index (χ1) is 13.3. The largest absolute Gasteiger partial charge is 0.468 e. The number of anilines is 1. The van der Waals surface area contributed by atoms with Gasteiger partial charge in [0.15, 0.2) is 18.3 Å². The van der Waals surface area contributed by atoms with Crippen LogP contribution >= 0.6 is 0 Å². The van der Waals surface area contributed by atoms with E-state index in [0.29, 0.717) is 22.6 Å². The molecule has 0 atom stereocenters. The molecule has 0 saturated carbocycles. The van der Waals surface area contributed by atoms with E-state index in [1.807, 2.05) is 0 Å². The van der Waals surface area contributed by atoms with Gasteiger partial charge in [0.25, 0.3) is 0 Å². The summed E-state index contributed by atoms with van der Waals surface area (Å²) < 4.78 is 46.4. The number of benzene rings is 2. The first-order valence-electron chi connectivity index (χ1n) is 8.49. The first-order valence-corrected chi connectivity index (χ1v) is 8.49. The van der Waals surface area contributed by atoms with Crippen LogP contribution in [0.4, 0.5) is 18.9 Å². The average molecular weight is 389 g/mol. The molecule has 146 valence electrons. The number of carbonyl (C=O) groups excluding carboxylic acids is 1. The molecule has 1 heterocycles. The predicted octanol–water partition coefficient (Wildman–Crippen LogP) is 4.13. The highest BCUT2D eigenvalue weighted by Gasteiger charge is 2.15. The molecule has 0 aliphatic rings. The van der Waals surface area contributed by atoms with Gasteiger partial charge in [0.2, 0.25) is 5.91 Å². The monoisotopic (exact) mass is 389 g/mol. The number of rotatable bonds is 6. The minimum absolute atomic E-state index is 0.0850. The summed E-state index contributed by atoms with van der Waals surface area (Å²) in [6, 6.07) is 8.71. The van der Waals surface area contributed by atoms with Gasteiger partial charge in [-0.15, -0.1) is 0 Å². The maximum Gasteiger partial charge on any atom is 0.228 e. The van der Waals surface area contributed by atoms with E-state index >= 15 is 0 Å². The lowest BCUT2D eigenvalue weighted by Crippen LogP contribution is -2.16. The molecule has 0 aliphatic carbocycles. The molecule has 2 aromatic carbocycles. The second-order valence-electron chi connectivity index (χ2n) is 6.24. The standard InChI is InChI=1S/C20H18F3N3O2/c1-12-20(24-19(27)9-14-3-5-15(21)6-4-14)13(2)26(25-12)11-28-18-8-7-16(22)10-17(18)23/h3-8,10H,9,11H2,1-2H3,(H,24,27). The number of nitrogens with one attached hydrogen (secondary N) is 1. The Bertz CT molecular complexity index is 1000. The lowest BCUT2D eigenvalue weighted by atomic mass is 10.1. The van der Waals surface area contributed by atoms with E-state index in [1.165, 1.54) is 22.9 Å². The molecule has 0 unspecified atom stereocenters. The molecule has 0 aliphatic heterocycles. The Kier molecular flexibility index (Phi) is 5.67. The van der Waals surface area contributed by atoms with Gasteiger partial charge in [0, 0.05) is 6.07 Å². The zero-order valence-electron chi connectivity index (χ0n) is 15.3. The number of aryl methyl sites for hydroxylation is 1. The van der Waals surface area contributed by atoms with Crippen molar-refractivity contribution >= 4 is 11.6 Å². The molecule has 0 saturated heterocycles. The van der Waals surface area contributed by atoms with Crippen molar-refractivity contribution in [1.82, 2.24) is 9.78 Å². The summed E-state index contributed by atoms with van der Waals surface area (Å²) in [7, 11) is 0. The van der Waals surface area contributed by atoms with Crippen LogP contribution in [0, 0.1) is 31.3 Å². The topological polar surface area (TPSA) is 56.1 Å². The molecular weight excluding hydrogens is 371 g/mol. The molecule has 1 N–H and O–H groups in total. The van der Waals surface area contributed by atoms with E-state index in [0.717, 1.165) is 12.1 Å². The molecule has 0 fully saturated rings. The Balaban J connectivity index is 1.67. The number of carbonyl (C=O) groups is 1. The molecule has 3 rings (SSSR count). The van der Waals surface area contributed by atoms with Crippen LogP contribution < -0.4 is 10.1 Å². The molecule has 3 aromatic rings. The number of nitrogens with zero attached hydrogens (tertiary/aromatic N) is 2. The third-order valence-corrected chi connectivity index (χ3v) is 4.16. The van der Waals surface area contributed by atoms with Gasteiger partial charge in [-0.25, -0.2) is 17.9 Å². The number of aromatic nitrogens is 2. The number of halogens is 3. The third kappa shape index (κ3) is 4.51. The van der Waals surface area contributed by atoms with Crippen molar-refractivity contribution in [3.63, 3.8) is 0 Å². The maximum atomic E-state index is 13.7. The average Bonchev–Trinajstić information content (AvgIpc) is 2.90. The Morgan fingerprint density at radius 2 is 1.75 bits per heavy atom. The van der Waals surface area contributed by atoms with Crippen molar-refractivity contribution in [2.24, 2.45) is 0 Å². The van der Waals surface area contributed by atoms with E-state index in [9.17, 15) is 18.0 Å². The second-order valence-corrected chi connectivity index (χ2v) is 6.24. The molecular formula is C20H18F3N3O2. The molecule has 1 amide bonds. The van der Waals surface area contributed by atoms with Crippen LogP contribution in [0.3, 0.4) is 0 Å². The van der Waals surface area contributed by atoms with Crippen LogP contribution in [0.2, 0.25) is 0 Å². The minimum atomic E-state index is -0.811. The van der Waals surface area contributed by atoms with Gasteiger partial charge in [-0.3, -0.25) is 4.79 Å². The Labute approximate surface area is 159 Å². The van der Waals surface area contributed by atoms with Crippen molar-refractivity contribution in [3.05, 3.63) is 76.9 Å². The Morgan fingerprint density at radius 1 is 1.07 bits per heavy atom. The highest BCUT2D eigenvalue weighted by molar-refractivity contribution is 5.93. The van der Waals surface area contributed by atoms with E-state index in [-0.39, 0.29) is 30.6 Å². The zero-order valence-corrected chi connectivity index (χ0v) is 15.3. The summed E-state index contributed by atoms with van der Waals surface area (Å²) in [6.07, 6.45) is 0.0850. The summed E-state index contributed by atoms with van der Waals surface area (Å²) in [6.45, 7) is 3.34. The van der Waals surface area contributed by atoms with Gasteiger partial charge < -0.3 is 10.1 Å². The molecule has 1 aromatic heterocycles. The lowest BCUT2D eigenvalue weighted by molar-refractivity contribution is -0.115. The van der Waals surface area contributed by atoms with Crippen LogP contribution in [0.25, 0.3) is 0 Å². The van der Waals surface area contributed by atoms with Crippen molar-refractivity contribution in [2.75, 3.05) is 5.32 Å². The molecule has 0 bridgehead atoms. The summed E-state index contributed by atoms with van der Waals surface area (Å²) in [4.78, 5) is 12.3. The molecule has 5 nitrogen and oxygen atoms in total. The maximum absolute atomic E-state index is 13.7. The van der Waals surface area contributed by atoms with E-state index in [1.54, 1.807) is 26.0 Å². The van der Waals surface area contributed by atoms with Gasteiger partial charge >= 0.3 is 0 Å². The fraction of sp³-hybridized carbons (Fsp3) is 0.200. The Hall–Kier alpha value is -3.29. The number of ether oxygens (including phenoxy) is 1.